The summed E-state index contributed by atoms with van der Waals surface area (Å²) in [6.45, 7) is 5.62. The van der Waals surface area contributed by atoms with Crippen molar-refractivity contribution in [3.05, 3.63) is 12.2 Å². The molecule has 15 heavy (non-hydrogen) atoms. The summed E-state index contributed by atoms with van der Waals surface area (Å²) in [6, 6.07) is 0. The molecule has 1 spiro atoms. The molecule has 0 aromatic rings. The highest BCUT2D eigenvalue weighted by molar-refractivity contribution is 5.86. The van der Waals surface area contributed by atoms with Crippen LogP contribution in [0.5, 0.6) is 0 Å². The Morgan fingerprint density at radius 1 is 1.53 bits per heavy atom. The molecular formula is C11H14O4. The molecule has 0 aromatic heterocycles. The second kappa shape index (κ2) is 2.83. The topological polar surface area (TPSA) is 44.8 Å². The standard InChI is InChI=1S/C11H14O4/c1-6(2)10(12)13-5-7-3-11-4-8(14-11)9(7)15-11/h7-9H,1,3-5H2,2H3. The summed E-state index contributed by atoms with van der Waals surface area (Å²) in [4.78, 5) is 11.2. The minimum atomic E-state index is -0.315. The molecular weight excluding hydrogens is 196 g/mol. The van der Waals surface area contributed by atoms with Gasteiger partial charge in [-0.05, 0) is 6.92 Å². The smallest absolute Gasteiger partial charge is 0.333 e. The van der Waals surface area contributed by atoms with Gasteiger partial charge in [0.2, 0.25) is 0 Å². The van der Waals surface area contributed by atoms with Crippen LogP contribution in [0.1, 0.15) is 19.8 Å². The molecule has 4 unspecified atom stereocenters. The van der Waals surface area contributed by atoms with Gasteiger partial charge in [0, 0.05) is 24.3 Å². The van der Waals surface area contributed by atoms with E-state index in [1.165, 1.54) is 0 Å². The van der Waals surface area contributed by atoms with Crippen molar-refractivity contribution < 1.29 is 19.0 Å². The third kappa shape index (κ3) is 1.25. The molecule has 0 amide bonds. The highest BCUT2D eigenvalue weighted by Crippen LogP contribution is 2.58. The Labute approximate surface area is 88.2 Å². The van der Waals surface area contributed by atoms with E-state index < -0.39 is 0 Å². The largest absolute Gasteiger partial charge is 0.462 e. The Balaban J connectivity index is 1.55. The molecule has 0 saturated carbocycles. The molecule has 3 bridgehead atoms. The lowest BCUT2D eigenvalue weighted by molar-refractivity contribution is -0.244. The fourth-order valence-corrected chi connectivity index (χ4v) is 2.71. The number of hydrogen-bond donors (Lipinski definition) is 0. The molecule has 4 aliphatic heterocycles. The first-order valence-electron chi connectivity index (χ1n) is 5.28. The van der Waals surface area contributed by atoms with Crippen molar-refractivity contribution in [3.63, 3.8) is 0 Å². The Hall–Kier alpha value is -0.870. The average Bonchev–Trinajstić information content (AvgIpc) is 2.76. The summed E-state index contributed by atoms with van der Waals surface area (Å²) in [5.41, 5.74) is 0.443. The Bertz CT molecular complexity index is 329. The lowest BCUT2D eigenvalue weighted by Gasteiger charge is -2.41. The molecule has 0 radical (unpaired) electrons. The van der Waals surface area contributed by atoms with Crippen molar-refractivity contribution >= 4 is 5.97 Å². The summed E-state index contributed by atoms with van der Waals surface area (Å²) in [5.74, 6) is -0.319. The van der Waals surface area contributed by atoms with E-state index in [0.29, 0.717) is 18.1 Å². The summed E-state index contributed by atoms with van der Waals surface area (Å²) in [6.07, 6.45) is 2.26. The van der Waals surface area contributed by atoms with E-state index in [2.05, 4.69) is 6.58 Å². The van der Waals surface area contributed by atoms with Gasteiger partial charge in [-0.15, -0.1) is 0 Å². The summed E-state index contributed by atoms with van der Waals surface area (Å²) >= 11 is 0. The number of carbonyl (C=O) groups excluding carboxylic acids is 1. The molecule has 4 atom stereocenters. The van der Waals surface area contributed by atoms with Crippen molar-refractivity contribution in [1.29, 1.82) is 0 Å². The minimum absolute atomic E-state index is 0.142. The van der Waals surface area contributed by atoms with Crippen LogP contribution in [-0.2, 0) is 19.0 Å². The lowest BCUT2D eigenvalue weighted by Crippen LogP contribution is -2.50. The van der Waals surface area contributed by atoms with Gasteiger partial charge in [0.15, 0.2) is 5.79 Å². The molecule has 4 heterocycles. The first-order valence-corrected chi connectivity index (χ1v) is 5.28. The van der Waals surface area contributed by atoms with E-state index >= 15 is 0 Å². The zero-order valence-corrected chi connectivity index (χ0v) is 8.69. The van der Waals surface area contributed by atoms with Crippen LogP contribution in [0, 0.1) is 5.92 Å². The monoisotopic (exact) mass is 210 g/mol. The van der Waals surface area contributed by atoms with Crippen LogP contribution in [0.2, 0.25) is 0 Å². The summed E-state index contributed by atoms with van der Waals surface area (Å²) < 4.78 is 16.4. The van der Waals surface area contributed by atoms with E-state index in [1.54, 1.807) is 6.92 Å². The summed E-state index contributed by atoms with van der Waals surface area (Å²) in [7, 11) is 0. The van der Waals surface area contributed by atoms with Gasteiger partial charge in [0.25, 0.3) is 0 Å². The molecule has 4 heteroatoms. The third-order valence-electron chi connectivity index (χ3n) is 3.41. The molecule has 4 aliphatic rings. The highest BCUT2D eigenvalue weighted by Gasteiger charge is 2.68. The molecule has 4 rings (SSSR count). The fraction of sp³-hybridized carbons (Fsp3) is 0.727. The SMILES string of the molecule is C=C(C)C(=O)OCC1CC23CC(O2)C1O3. The molecule has 4 saturated heterocycles. The number of ether oxygens (including phenoxy) is 3. The second-order valence-corrected chi connectivity index (χ2v) is 4.70. The predicted molar refractivity (Wildman–Crippen MR) is 51.0 cm³/mol. The first kappa shape index (κ1) is 9.36. The van der Waals surface area contributed by atoms with Gasteiger partial charge < -0.3 is 14.2 Å². The highest BCUT2D eigenvalue weighted by atomic mass is 16.8. The van der Waals surface area contributed by atoms with Gasteiger partial charge >= 0.3 is 5.97 Å². The van der Waals surface area contributed by atoms with Crippen molar-refractivity contribution in [1.82, 2.24) is 0 Å². The molecule has 82 valence electrons. The van der Waals surface area contributed by atoms with Crippen molar-refractivity contribution in [2.75, 3.05) is 6.61 Å². The zero-order chi connectivity index (χ0) is 10.6. The fourth-order valence-electron chi connectivity index (χ4n) is 2.71. The number of esters is 1. The van der Waals surface area contributed by atoms with Crippen LogP contribution in [0.25, 0.3) is 0 Å². The Morgan fingerprint density at radius 2 is 2.27 bits per heavy atom. The van der Waals surface area contributed by atoms with E-state index in [9.17, 15) is 4.79 Å². The zero-order valence-electron chi connectivity index (χ0n) is 8.69. The summed E-state index contributed by atoms with van der Waals surface area (Å²) in [5, 5.41) is 0. The van der Waals surface area contributed by atoms with E-state index in [0.717, 1.165) is 12.8 Å². The van der Waals surface area contributed by atoms with Crippen LogP contribution < -0.4 is 0 Å². The van der Waals surface area contributed by atoms with Crippen LogP contribution >= 0.6 is 0 Å². The predicted octanol–water partition coefficient (Wildman–Crippen LogP) is 1.01. The van der Waals surface area contributed by atoms with Gasteiger partial charge in [-0.3, -0.25) is 0 Å². The van der Waals surface area contributed by atoms with Crippen LogP contribution in [0.4, 0.5) is 0 Å². The van der Waals surface area contributed by atoms with Gasteiger partial charge in [0.05, 0.1) is 18.8 Å². The normalized spacial score (nSPS) is 45.0. The molecule has 0 N–H and O–H groups in total. The Kier molecular flexibility index (Phi) is 1.77. The van der Waals surface area contributed by atoms with E-state index in [1.807, 2.05) is 0 Å². The lowest BCUT2D eigenvalue weighted by atomic mass is 9.81. The van der Waals surface area contributed by atoms with Gasteiger partial charge in [-0.25, -0.2) is 4.79 Å². The van der Waals surface area contributed by atoms with Gasteiger partial charge in [-0.2, -0.15) is 0 Å². The van der Waals surface area contributed by atoms with Crippen LogP contribution in [0.15, 0.2) is 12.2 Å². The first-order chi connectivity index (χ1) is 7.10. The molecule has 4 nitrogen and oxygen atoms in total. The average molecular weight is 210 g/mol. The van der Waals surface area contributed by atoms with Gasteiger partial charge in [0.1, 0.15) is 0 Å². The van der Waals surface area contributed by atoms with Crippen LogP contribution in [-0.4, -0.2) is 30.6 Å². The molecule has 0 aromatic carbocycles. The van der Waals surface area contributed by atoms with E-state index in [4.69, 9.17) is 14.2 Å². The maximum atomic E-state index is 11.2. The minimum Gasteiger partial charge on any atom is -0.462 e. The maximum Gasteiger partial charge on any atom is 0.333 e. The maximum absolute atomic E-state index is 11.2. The number of hydrogen-bond acceptors (Lipinski definition) is 4. The molecule has 0 aliphatic carbocycles. The number of rotatable bonds is 3. The third-order valence-corrected chi connectivity index (χ3v) is 3.41. The van der Waals surface area contributed by atoms with Crippen molar-refractivity contribution in [3.8, 4) is 0 Å². The quantitative estimate of drug-likeness (QED) is 0.515. The molecule has 4 fully saturated rings. The van der Waals surface area contributed by atoms with E-state index in [-0.39, 0.29) is 24.0 Å². The van der Waals surface area contributed by atoms with Crippen molar-refractivity contribution in [2.24, 2.45) is 5.92 Å². The number of carbonyl (C=O) groups is 1. The van der Waals surface area contributed by atoms with Gasteiger partial charge in [-0.1, -0.05) is 6.58 Å². The second-order valence-electron chi connectivity index (χ2n) is 4.70. The van der Waals surface area contributed by atoms with Crippen LogP contribution in [0.3, 0.4) is 0 Å². The Morgan fingerprint density at radius 3 is 2.73 bits per heavy atom. The van der Waals surface area contributed by atoms with Crippen molar-refractivity contribution in [2.45, 2.75) is 37.8 Å².